The van der Waals surface area contributed by atoms with Crippen molar-refractivity contribution in [3.63, 3.8) is 0 Å². The lowest BCUT2D eigenvalue weighted by molar-refractivity contribution is -0.141. The van der Waals surface area contributed by atoms with E-state index in [0.29, 0.717) is 17.4 Å². The average molecular weight is 325 g/mol. The second kappa shape index (κ2) is 7.13. The zero-order chi connectivity index (χ0) is 16.2. The number of carbonyl (C=O) groups excluding carboxylic acids is 1. The smallest absolute Gasteiger partial charge is 0.325 e. The Labute approximate surface area is 132 Å². The lowest BCUT2D eigenvalue weighted by atomic mass is 10.2. The molecule has 0 unspecified atom stereocenters. The second-order valence-electron chi connectivity index (χ2n) is 5.53. The standard InChI is InChI=1S/C16H23NO4S/c1-3-21-16(18)12-17(11-13-5-6-13)14-7-9-15(10-8-14)22(19,20)4-2/h7-10,13H,3-6,11-12H2,1-2H3. The van der Waals surface area contributed by atoms with Crippen LogP contribution in [0.1, 0.15) is 26.7 Å². The van der Waals surface area contributed by atoms with E-state index in [1.54, 1.807) is 38.1 Å². The average Bonchev–Trinajstić information content (AvgIpc) is 3.31. The van der Waals surface area contributed by atoms with Crippen molar-refractivity contribution in [2.75, 3.05) is 30.3 Å². The van der Waals surface area contributed by atoms with E-state index in [9.17, 15) is 13.2 Å². The van der Waals surface area contributed by atoms with Crippen molar-refractivity contribution in [3.8, 4) is 0 Å². The summed E-state index contributed by atoms with van der Waals surface area (Å²) in [4.78, 5) is 14.0. The van der Waals surface area contributed by atoms with Crippen molar-refractivity contribution < 1.29 is 17.9 Å². The Morgan fingerprint density at radius 1 is 1.23 bits per heavy atom. The molecule has 122 valence electrons. The molecule has 0 bridgehead atoms. The lowest BCUT2D eigenvalue weighted by Crippen LogP contribution is -2.32. The van der Waals surface area contributed by atoms with Gasteiger partial charge in [-0.1, -0.05) is 6.92 Å². The van der Waals surface area contributed by atoms with Crippen LogP contribution in [0.4, 0.5) is 5.69 Å². The number of carbonyl (C=O) groups is 1. The van der Waals surface area contributed by atoms with Crippen LogP contribution in [0.15, 0.2) is 29.2 Å². The maximum atomic E-state index is 11.8. The largest absolute Gasteiger partial charge is 0.465 e. The first-order chi connectivity index (χ1) is 10.5. The van der Waals surface area contributed by atoms with E-state index in [2.05, 4.69) is 0 Å². The van der Waals surface area contributed by atoms with Gasteiger partial charge in [0.15, 0.2) is 9.84 Å². The Balaban J connectivity index is 2.14. The first kappa shape index (κ1) is 16.8. The summed E-state index contributed by atoms with van der Waals surface area (Å²) in [5.41, 5.74) is 0.856. The van der Waals surface area contributed by atoms with Crippen molar-refractivity contribution in [2.24, 2.45) is 5.92 Å². The molecule has 0 atom stereocenters. The van der Waals surface area contributed by atoms with Gasteiger partial charge in [0.25, 0.3) is 0 Å². The molecule has 1 saturated carbocycles. The van der Waals surface area contributed by atoms with Crippen LogP contribution in [-0.2, 0) is 19.4 Å². The molecule has 0 spiro atoms. The number of benzene rings is 1. The van der Waals surface area contributed by atoms with Crippen molar-refractivity contribution >= 4 is 21.5 Å². The number of esters is 1. The molecule has 1 aliphatic carbocycles. The summed E-state index contributed by atoms with van der Waals surface area (Å²) < 4.78 is 28.7. The molecule has 0 amide bonds. The zero-order valence-corrected chi connectivity index (χ0v) is 13.9. The number of sulfone groups is 1. The third-order valence-corrected chi connectivity index (χ3v) is 5.49. The summed E-state index contributed by atoms with van der Waals surface area (Å²) in [5.74, 6) is 0.447. The molecule has 22 heavy (non-hydrogen) atoms. The number of ether oxygens (including phenoxy) is 1. The normalized spacial score (nSPS) is 14.6. The number of nitrogens with zero attached hydrogens (tertiary/aromatic N) is 1. The van der Waals surface area contributed by atoms with Gasteiger partial charge in [-0.15, -0.1) is 0 Å². The SMILES string of the molecule is CCOC(=O)CN(CC1CC1)c1ccc(S(=O)(=O)CC)cc1. The highest BCUT2D eigenvalue weighted by molar-refractivity contribution is 7.91. The van der Waals surface area contributed by atoms with Crippen molar-refractivity contribution in [1.82, 2.24) is 0 Å². The van der Waals surface area contributed by atoms with E-state index in [1.807, 2.05) is 4.90 Å². The molecule has 5 nitrogen and oxygen atoms in total. The molecule has 6 heteroatoms. The topological polar surface area (TPSA) is 63.7 Å². The van der Waals surface area contributed by atoms with Crippen molar-refractivity contribution in [2.45, 2.75) is 31.6 Å². The van der Waals surface area contributed by atoms with E-state index in [4.69, 9.17) is 4.74 Å². The van der Waals surface area contributed by atoms with Crippen LogP contribution in [-0.4, -0.2) is 39.8 Å². The molecule has 0 N–H and O–H groups in total. The maximum Gasteiger partial charge on any atom is 0.325 e. The van der Waals surface area contributed by atoms with Crippen LogP contribution >= 0.6 is 0 Å². The molecule has 0 heterocycles. The molecule has 1 aromatic carbocycles. The molecule has 0 aromatic heterocycles. The van der Waals surface area contributed by atoms with E-state index in [-0.39, 0.29) is 18.3 Å². The first-order valence-electron chi connectivity index (χ1n) is 7.69. The minimum Gasteiger partial charge on any atom is -0.465 e. The van der Waals surface area contributed by atoms with Crippen molar-refractivity contribution in [1.29, 1.82) is 0 Å². The van der Waals surface area contributed by atoms with Gasteiger partial charge in [0.1, 0.15) is 6.54 Å². The summed E-state index contributed by atoms with van der Waals surface area (Å²) in [7, 11) is -3.19. The minimum atomic E-state index is -3.19. The Hall–Kier alpha value is -1.56. The van der Waals surface area contributed by atoms with Gasteiger partial charge in [0.05, 0.1) is 17.3 Å². The molecule has 2 rings (SSSR count). The number of rotatable bonds is 8. The molecule has 1 aromatic rings. The van der Waals surface area contributed by atoms with E-state index in [0.717, 1.165) is 12.2 Å². The molecule has 0 aliphatic heterocycles. The monoisotopic (exact) mass is 325 g/mol. The Bertz CT molecular complexity index is 606. The summed E-state index contributed by atoms with van der Waals surface area (Å²) in [6.45, 7) is 4.78. The Morgan fingerprint density at radius 2 is 1.86 bits per heavy atom. The summed E-state index contributed by atoms with van der Waals surface area (Å²) >= 11 is 0. The minimum absolute atomic E-state index is 0.0843. The summed E-state index contributed by atoms with van der Waals surface area (Å²) in [6, 6.07) is 6.76. The van der Waals surface area contributed by atoms with Gasteiger partial charge in [-0.25, -0.2) is 8.42 Å². The fourth-order valence-electron chi connectivity index (χ4n) is 2.27. The van der Waals surface area contributed by atoms with Gasteiger partial charge in [-0.2, -0.15) is 0 Å². The molecule has 0 saturated heterocycles. The van der Waals surface area contributed by atoms with Crippen LogP contribution in [0.25, 0.3) is 0 Å². The van der Waals surface area contributed by atoms with Gasteiger partial charge >= 0.3 is 5.97 Å². The highest BCUT2D eigenvalue weighted by Gasteiger charge is 2.26. The van der Waals surface area contributed by atoms with Crippen LogP contribution in [0.3, 0.4) is 0 Å². The molecular weight excluding hydrogens is 302 g/mol. The van der Waals surface area contributed by atoms with E-state index >= 15 is 0 Å². The van der Waals surface area contributed by atoms with Crippen molar-refractivity contribution in [3.05, 3.63) is 24.3 Å². The van der Waals surface area contributed by atoms with Gasteiger partial charge in [-0.05, 0) is 49.9 Å². The fourth-order valence-corrected chi connectivity index (χ4v) is 3.15. The van der Waals surface area contributed by atoms with E-state index < -0.39 is 9.84 Å². The number of anilines is 1. The Morgan fingerprint density at radius 3 is 2.36 bits per heavy atom. The van der Waals surface area contributed by atoms with Crippen LogP contribution < -0.4 is 4.90 Å². The highest BCUT2D eigenvalue weighted by atomic mass is 32.2. The molecule has 0 radical (unpaired) electrons. The third-order valence-electron chi connectivity index (χ3n) is 3.74. The first-order valence-corrected chi connectivity index (χ1v) is 9.35. The quantitative estimate of drug-likeness (QED) is 0.686. The summed E-state index contributed by atoms with van der Waals surface area (Å²) in [6.07, 6.45) is 2.36. The highest BCUT2D eigenvalue weighted by Crippen LogP contribution is 2.31. The zero-order valence-electron chi connectivity index (χ0n) is 13.1. The van der Waals surface area contributed by atoms with Gasteiger partial charge < -0.3 is 9.64 Å². The fraction of sp³-hybridized carbons (Fsp3) is 0.562. The predicted octanol–water partition coefficient (Wildman–Crippen LogP) is 2.26. The molecule has 1 aliphatic rings. The van der Waals surface area contributed by atoms with Gasteiger partial charge in [0, 0.05) is 12.2 Å². The van der Waals surface area contributed by atoms with Gasteiger partial charge in [-0.3, -0.25) is 4.79 Å². The molecule has 1 fully saturated rings. The number of hydrogen-bond donors (Lipinski definition) is 0. The van der Waals surface area contributed by atoms with Crippen LogP contribution in [0.2, 0.25) is 0 Å². The number of hydrogen-bond acceptors (Lipinski definition) is 5. The summed E-state index contributed by atoms with van der Waals surface area (Å²) in [5, 5.41) is 0. The lowest BCUT2D eigenvalue weighted by Gasteiger charge is -2.24. The van der Waals surface area contributed by atoms with E-state index in [1.165, 1.54) is 12.8 Å². The van der Waals surface area contributed by atoms with Crippen LogP contribution in [0.5, 0.6) is 0 Å². The predicted molar refractivity (Wildman–Crippen MR) is 85.7 cm³/mol. The molecular formula is C16H23NO4S. The van der Waals surface area contributed by atoms with Crippen LogP contribution in [0, 0.1) is 5.92 Å². The second-order valence-corrected chi connectivity index (χ2v) is 7.80. The van der Waals surface area contributed by atoms with Gasteiger partial charge in [0.2, 0.25) is 0 Å². The maximum absolute atomic E-state index is 11.8. The third kappa shape index (κ3) is 4.47. The Kier molecular flexibility index (Phi) is 5.45.